The van der Waals surface area contributed by atoms with Crippen LogP contribution in [0.4, 0.5) is 0 Å². The lowest BCUT2D eigenvalue weighted by Crippen LogP contribution is -2.43. The number of allylic oxidation sites excluding steroid dienone is 1. The van der Waals surface area contributed by atoms with Crippen LogP contribution in [0.15, 0.2) is 72.1 Å². The molecule has 0 radical (unpaired) electrons. The van der Waals surface area contributed by atoms with E-state index in [1.165, 1.54) is 4.70 Å². The zero-order valence-corrected chi connectivity index (χ0v) is 24.3. The van der Waals surface area contributed by atoms with E-state index < -0.39 is 21.2 Å². The van der Waals surface area contributed by atoms with E-state index in [4.69, 9.17) is 4.74 Å². The highest BCUT2D eigenvalue weighted by molar-refractivity contribution is 7.91. The highest BCUT2D eigenvalue weighted by Crippen LogP contribution is 2.44. The number of thiophene rings is 1. The highest BCUT2D eigenvalue weighted by atomic mass is 32.2. The molecule has 41 heavy (non-hydrogen) atoms. The fourth-order valence-electron chi connectivity index (χ4n) is 5.96. The summed E-state index contributed by atoms with van der Waals surface area (Å²) in [6, 6.07) is 20.2. The first kappa shape index (κ1) is 27.4. The Labute approximate surface area is 243 Å². The fraction of sp³-hybridized carbons (Fsp3) is 0.273. The Morgan fingerprint density at radius 3 is 2.46 bits per heavy atom. The monoisotopic (exact) mass is 586 g/mol. The van der Waals surface area contributed by atoms with Gasteiger partial charge in [0.1, 0.15) is 18.1 Å². The average molecular weight is 587 g/mol. The Morgan fingerprint density at radius 1 is 1.02 bits per heavy atom. The Kier molecular flexibility index (Phi) is 7.08. The number of Topliss-reactive ketones (excluding diaryl/α,β-unsaturated/α-hetero) is 1. The van der Waals surface area contributed by atoms with Gasteiger partial charge in [-0.15, -0.1) is 11.3 Å². The van der Waals surface area contributed by atoms with E-state index in [9.17, 15) is 23.1 Å². The quantitative estimate of drug-likeness (QED) is 0.246. The lowest BCUT2D eigenvalue weighted by atomic mass is 9.62. The van der Waals surface area contributed by atoms with Crippen LogP contribution in [0.1, 0.15) is 47.9 Å². The molecular formula is C33H30O6S2. The minimum atomic E-state index is -2.96. The first-order valence-electron chi connectivity index (χ1n) is 13.6. The summed E-state index contributed by atoms with van der Waals surface area (Å²) >= 11 is 1.69. The van der Waals surface area contributed by atoms with Crippen molar-refractivity contribution in [3.63, 3.8) is 0 Å². The number of carboxylic acid groups (broad SMARTS) is 1. The molecule has 0 unspecified atom stereocenters. The summed E-state index contributed by atoms with van der Waals surface area (Å²) in [5.41, 5.74) is 6.85. The Morgan fingerprint density at radius 2 is 1.80 bits per heavy atom. The summed E-state index contributed by atoms with van der Waals surface area (Å²) in [6.45, 7) is 2.46. The molecule has 6 nitrogen and oxygen atoms in total. The summed E-state index contributed by atoms with van der Waals surface area (Å²) in [5, 5.41) is 12.6. The number of sulfone groups is 1. The second kappa shape index (κ2) is 10.6. The first-order chi connectivity index (χ1) is 19.6. The van der Waals surface area contributed by atoms with Crippen LogP contribution in [0.2, 0.25) is 0 Å². The molecule has 0 amide bonds. The number of carbonyl (C=O) groups is 2. The Balaban J connectivity index is 1.19. The Bertz CT molecular complexity index is 1800. The van der Waals surface area contributed by atoms with Gasteiger partial charge >= 0.3 is 5.97 Å². The van der Waals surface area contributed by atoms with Gasteiger partial charge in [-0.2, -0.15) is 0 Å². The molecule has 1 aliphatic carbocycles. The van der Waals surface area contributed by atoms with Gasteiger partial charge in [0.05, 0.1) is 17.9 Å². The van der Waals surface area contributed by atoms with E-state index in [1.54, 1.807) is 11.3 Å². The molecule has 1 fully saturated rings. The van der Waals surface area contributed by atoms with E-state index in [1.807, 2.05) is 36.4 Å². The van der Waals surface area contributed by atoms with Gasteiger partial charge in [0.2, 0.25) is 0 Å². The topological polar surface area (TPSA) is 97.7 Å². The number of ketones is 1. The van der Waals surface area contributed by atoms with Crippen molar-refractivity contribution in [3.8, 4) is 16.9 Å². The zero-order chi connectivity index (χ0) is 28.8. The number of rotatable bonds is 8. The van der Waals surface area contributed by atoms with Gasteiger partial charge in [0.25, 0.3) is 0 Å². The van der Waals surface area contributed by atoms with Crippen LogP contribution in [0, 0.1) is 6.92 Å². The van der Waals surface area contributed by atoms with Crippen LogP contribution >= 0.6 is 11.3 Å². The standard InChI is InChI=1S/C33H30O6S2/c1-21-14-24(23-10-12-41(37,38)13-11-23)4-8-28(21)30-20-40-31-9-7-27(15-29(30)31)39-19-22-2-5-25(6-3-22)33(18-32(35)36)16-26(34)17-33/h2-10,14-15,20H,11-13,16-19H2,1H3,(H,35,36). The van der Waals surface area contributed by atoms with Crippen LogP contribution in [0.5, 0.6) is 5.75 Å². The van der Waals surface area contributed by atoms with Crippen LogP contribution in [0.3, 0.4) is 0 Å². The number of carboxylic acids is 1. The molecule has 4 aromatic rings. The van der Waals surface area contributed by atoms with Crippen molar-refractivity contribution < 1.29 is 27.9 Å². The maximum atomic E-state index is 11.8. The smallest absolute Gasteiger partial charge is 0.304 e. The van der Waals surface area contributed by atoms with Crippen molar-refractivity contribution >= 4 is 48.6 Å². The molecule has 0 saturated heterocycles. The molecule has 210 valence electrons. The van der Waals surface area contributed by atoms with E-state index in [0.29, 0.717) is 13.0 Å². The SMILES string of the molecule is Cc1cc(C2=CCS(=O)(=O)CC2)ccc1-c1csc2ccc(OCc3ccc(C4(CC(=O)O)CC(=O)C4)cc3)cc12. The summed E-state index contributed by atoms with van der Waals surface area (Å²) < 4.78 is 30.9. The number of ether oxygens (including phenoxy) is 1. The lowest BCUT2D eigenvalue weighted by Gasteiger charge is -2.39. The molecule has 8 heteroatoms. The number of fused-ring (bicyclic) bond motifs is 1. The number of hydrogen-bond acceptors (Lipinski definition) is 6. The third kappa shape index (κ3) is 5.59. The number of aliphatic carboxylic acids is 1. The molecule has 2 aliphatic rings. The van der Waals surface area contributed by atoms with E-state index in [-0.39, 0.29) is 36.6 Å². The van der Waals surface area contributed by atoms with Crippen molar-refractivity contribution in [1.29, 1.82) is 0 Å². The molecule has 6 rings (SSSR count). The van der Waals surface area contributed by atoms with Gasteiger partial charge in [-0.25, -0.2) is 8.42 Å². The van der Waals surface area contributed by atoms with E-state index >= 15 is 0 Å². The molecule has 0 bridgehead atoms. The summed E-state index contributed by atoms with van der Waals surface area (Å²) in [4.78, 5) is 23.0. The minimum absolute atomic E-state index is 0.0397. The van der Waals surface area contributed by atoms with Crippen molar-refractivity contribution in [2.24, 2.45) is 0 Å². The lowest BCUT2D eigenvalue weighted by molar-refractivity contribution is -0.141. The highest BCUT2D eigenvalue weighted by Gasteiger charge is 2.46. The molecule has 2 heterocycles. The summed E-state index contributed by atoms with van der Waals surface area (Å²) in [7, 11) is -2.96. The van der Waals surface area contributed by atoms with Gasteiger partial charge in [0, 0.05) is 33.9 Å². The van der Waals surface area contributed by atoms with Crippen LogP contribution in [-0.2, 0) is 31.4 Å². The van der Waals surface area contributed by atoms with Crippen LogP contribution < -0.4 is 4.74 Å². The number of carbonyl (C=O) groups excluding carboxylic acids is 1. The summed E-state index contributed by atoms with van der Waals surface area (Å²) in [6.07, 6.45) is 2.91. The molecule has 0 spiro atoms. The van der Waals surface area contributed by atoms with Crippen LogP contribution in [0.25, 0.3) is 26.8 Å². The summed E-state index contributed by atoms with van der Waals surface area (Å²) in [5.74, 6) is 0.285. The van der Waals surface area contributed by atoms with Gasteiger partial charge in [-0.1, -0.05) is 48.5 Å². The average Bonchev–Trinajstić information content (AvgIpc) is 3.34. The molecular weight excluding hydrogens is 556 g/mol. The second-order valence-corrected chi connectivity index (χ2v) is 14.3. The van der Waals surface area contributed by atoms with Crippen molar-refractivity contribution in [3.05, 3.63) is 94.4 Å². The molecule has 1 N–H and O–H groups in total. The Hall–Kier alpha value is -3.75. The third-order valence-electron chi connectivity index (χ3n) is 8.23. The van der Waals surface area contributed by atoms with E-state index in [0.717, 1.165) is 50.1 Å². The number of aryl methyl sites for hydroxylation is 1. The zero-order valence-electron chi connectivity index (χ0n) is 22.7. The number of benzene rings is 3. The van der Waals surface area contributed by atoms with E-state index in [2.05, 4.69) is 42.6 Å². The molecule has 1 aromatic heterocycles. The maximum Gasteiger partial charge on any atom is 0.304 e. The predicted octanol–water partition coefficient (Wildman–Crippen LogP) is 6.73. The molecule has 3 aromatic carbocycles. The predicted molar refractivity (Wildman–Crippen MR) is 162 cm³/mol. The van der Waals surface area contributed by atoms with Gasteiger partial charge in [-0.05, 0) is 70.3 Å². The minimum Gasteiger partial charge on any atom is -0.489 e. The van der Waals surface area contributed by atoms with Crippen molar-refractivity contribution in [1.82, 2.24) is 0 Å². The van der Waals surface area contributed by atoms with Crippen molar-refractivity contribution in [2.45, 2.75) is 44.6 Å². The van der Waals surface area contributed by atoms with Gasteiger partial charge < -0.3 is 9.84 Å². The maximum absolute atomic E-state index is 11.8. The fourth-order valence-corrected chi connectivity index (χ4v) is 8.05. The van der Waals surface area contributed by atoms with Crippen LogP contribution in [-0.4, -0.2) is 36.8 Å². The largest absolute Gasteiger partial charge is 0.489 e. The van der Waals surface area contributed by atoms with Crippen molar-refractivity contribution in [2.75, 3.05) is 11.5 Å². The normalized spacial score (nSPS) is 17.6. The van der Waals surface area contributed by atoms with Gasteiger partial charge in [-0.3, -0.25) is 9.59 Å². The third-order valence-corrected chi connectivity index (χ3v) is 10.7. The number of hydrogen-bond donors (Lipinski definition) is 1. The second-order valence-electron chi connectivity index (χ2n) is 11.2. The molecule has 1 saturated carbocycles. The first-order valence-corrected chi connectivity index (χ1v) is 16.3. The van der Waals surface area contributed by atoms with Gasteiger partial charge in [0.15, 0.2) is 9.84 Å². The molecule has 1 aliphatic heterocycles. The molecule has 0 atom stereocenters.